The number of benzene rings is 1. The lowest BCUT2D eigenvalue weighted by molar-refractivity contribution is 0.101. The Morgan fingerprint density at radius 2 is 1.85 bits per heavy atom. The van der Waals surface area contributed by atoms with Crippen LogP contribution in [0.4, 0.5) is 18.9 Å². The van der Waals surface area contributed by atoms with Crippen LogP contribution in [0.15, 0.2) is 29.3 Å². The van der Waals surface area contributed by atoms with E-state index in [9.17, 15) is 26.4 Å². The summed E-state index contributed by atoms with van der Waals surface area (Å²) in [6.45, 7) is 1.63. The van der Waals surface area contributed by atoms with Crippen LogP contribution >= 0.6 is 0 Å². The topological polar surface area (TPSA) is 80.2 Å². The molecule has 0 aliphatic carbocycles. The molecular formula is C16H14F3N3O3S. The largest absolute Gasteiger partial charge is 0.345 e. The van der Waals surface area contributed by atoms with Gasteiger partial charge in [0, 0.05) is 42.7 Å². The fourth-order valence-electron chi connectivity index (χ4n) is 2.68. The summed E-state index contributed by atoms with van der Waals surface area (Å²) in [5, 5.41) is 2.25. The van der Waals surface area contributed by atoms with Crippen molar-refractivity contribution in [2.24, 2.45) is 7.05 Å². The Labute approximate surface area is 147 Å². The molecule has 0 radical (unpaired) electrons. The summed E-state index contributed by atoms with van der Waals surface area (Å²) in [5.41, 5.74) is -0.181. The second-order valence-electron chi connectivity index (χ2n) is 5.84. The van der Waals surface area contributed by atoms with E-state index in [1.807, 2.05) is 0 Å². The molecule has 1 aliphatic heterocycles. The summed E-state index contributed by atoms with van der Waals surface area (Å²) in [6, 6.07) is 0.788. The molecule has 6 nitrogen and oxygen atoms in total. The minimum Gasteiger partial charge on any atom is -0.345 e. The minimum absolute atomic E-state index is 0.0270. The highest BCUT2D eigenvalue weighted by Crippen LogP contribution is 2.27. The van der Waals surface area contributed by atoms with Crippen LogP contribution in [-0.2, 0) is 17.1 Å². The van der Waals surface area contributed by atoms with E-state index in [-0.39, 0.29) is 21.8 Å². The van der Waals surface area contributed by atoms with Crippen LogP contribution in [0.2, 0.25) is 0 Å². The molecular weight excluding hydrogens is 371 g/mol. The van der Waals surface area contributed by atoms with Crippen molar-refractivity contribution in [1.29, 1.82) is 0 Å². The highest BCUT2D eigenvalue weighted by molar-refractivity contribution is 7.89. The second-order valence-corrected chi connectivity index (χ2v) is 7.53. The monoisotopic (exact) mass is 385 g/mol. The molecule has 3 rings (SSSR count). The third-order valence-corrected chi connectivity index (χ3v) is 5.41. The number of nitrogens with zero attached hydrogens (tertiary/aromatic N) is 1. The Morgan fingerprint density at radius 3 is 2.46 bits per heavy atom. The molecule has 0 fully saturated rings. The first kappa shape index (κ1) is 18.2. The van der Waals surface area contributed by atoms with Gasteiger partial charge in [-0.15, -0.1) is 0 Å². The average molecular weight is 385 g/mol. The van der Waals surface area contributed by atoms with Gasteiger partial charge >= 0.3 is 0 Å². The van der Waals surface area contributed by atoms with Crippen LogP contribution in [0, 0.1) is 17.5 Å². The Bertz CT molecular complexity index is 1020. The number of aromatic nitrogens is 1. The normalized spacial score (nSPS) is 18.3. The first-order valence-electron chi connectivity index (χ1n) is 7.46. The Hall–Kier alpha value is -2.59. The molecule has 1 aromatic carbocycles. The Balaban J connectivity index is 2.04. The number of fused-ring (bicyclic) bond motifs is 1. The van der Waals surface area contributed by atoms with Crippen molar-refractivity contribution in [3.05, 3.63) is 53.1 Å². The van der Waals surface area contributed by atoms with Crippen molar-refractivity contribution in [3.8, 4) is 0 Å². The first-order valence-corrected chi connectivity index (χ1v) is 8.94. The lowest BCUT2D eigenvalue weighted by atomic mass is 10.2. The van der Waals surface area contributed by atoms with Crippen LogP contribution < -0.4 is 10.0 Å². The maximum atomic E-state index is 13.3. The van der Waals surface area contributed by atoms with Gasteiger partial charge in [0.1, 0.15) is 10.6 Å². The molecule has 0 saturated carbocycles. The molecule has 2 N–H and O–H groups in total. The number of amides is 1. The van der Waals surface area contributed by atoms with Gasteiger partial charge in [0.15, 0.2) is 17.5 Å². The van der Waals surface area contributed by atoms with Crippen LogP contribution in [0.3, 0.4) is 0 Å². The molecule has 0 saturated heterocycles. The van der Waals surface area contributed by atoms with Gasteiger partial charge in [-0.05, 0) is 6.92 Å². The van der Waals surface area contributed by atoms with Gasteiger partial charge in [-0.1, -0.05) is 12.2 Å². The molecule has 2 aromatic rings. The Morgan fingerprint density at radius 1 is 1.23 bits per heavy atom. The zero-order valence-corrected chi connectivity index (χ0v) is 14.5. The molecule has 1 aromatic heterocycles. The van der Waals surface area contributed by atoms with Crippen LogP contribution in [0.5, 0.6) is 0 Å². The minimum atomic E-state index is -3.84. The van der Waals surface area contributed by atoms with E-state index in [2.05, 4.69) is 10.0 Å². The number of nitrogens with one attached hydrogen (secondary N) is 2. The fourth-order valence-corrected chi connectivity index (χ4v) is 4.13. The number of rotatable bonds is 2. The van der Waals surface area contributed by atoms with Crippen molar-refractivity contribution in [3.63, 3.8) is 0 Å². The zero-order chi connectivity index (χ0) is 19.2. The maximum Gasteiger partial charge on any atom is 0.272 e. The quantitative estimate of drug-likeness (QED) is 0.779. The van der Waals surface area contributed by atoms with Gasteiger partial charge in [-0.3, -0.25) is 4.79 Å². The average Bonchev–Trinajstić information content (AvgIpc) is 2.82. The fraction of sp³-hybridized carbons (Fsp3) is 0.188. The Kier molecular flexibility index (Phi) is 4.41. The zero-order valence-electron chi connectivity index (χ0n) is 13.7. The smallest absolute Gasteiger partial charge is 0.272 e. The predicted molar refractivity (Wildman–Crippen MR) is 88.5 cm³/mol. The van der Waals surface area contributed by atoms with Crippen LogP contribution in [0.25, 0.3) is 6.08 Å². The predicted octanol–water partition coefficient (Wildman–Crippen LogP) is 2.39. The van der Waals surface area contributed by atoms with Crippen molar-refractivity contribution in [1.82, 2.24) is 9.29 Å². The van der Waals surface area contributed by atoms with Gasteiger partial charge in [0.05, 0.1) is 0 Å². The summed E-state index contributed by atoms with van der Waals surface area (Å²) in [6.07, 6.45) is 4.32. The van der Waals surface area contributed by atoms with E-state index < -0.39 is 39.4 Å². The molecule has 26 heavy (non-hydrogen) atoms. The van der Waals surface area contributed by atoms with Crippen molar-refractivity contribution in [2.45, 2.75) is 17.9 Å². The third kappa shape index (κ3) is 3.13. The van der Waals surface area contributed by atoms with Gasteiger partial charge < -0.3 is 9.88 Å². The van der Waals surface area contributed by atoms with Gasteiger partial charge in [0.2, 0.25) is 10.0 Å². The van der Waals surface area contributed by atoms with E-state index in [0.29, 0.717) is 12.1 Å². The second kappa shape index (κ2) is 6.29. The van der Waals surface area contributed by atoms with E-state index in [0.717, 1.165) is 0 Å². The number of carbonyl (C=O) groups excluding carboxylic acids is 1. The number of sulfonamides is 1. The summed E-state index contributed by atoms with van der Waals surface area (Å²) in [4.78, 5) is 12.5. The van der Waals surface area contributed by atoms with Crippen molar-refractivity contribution in [2.75, 3.05) is 5.32 Å². The van der Waals surface area contributed by atoms with E-state index in [1.165, 1.54) is 23.9 Å². The molecule has 0 spiro atoms. The molecule has 2 heterocycles. The van der Waals surface area contributed by atoms with E-state index >= 15 is 0 Å². The number of aryl methyl sites for hydroxylation is 1. The van der Waals surface area contributed by atoms with Gasteiger partial charge in [-0.25, -0.2) is 26.3 Å². The lowest BCUT2D eigenvalue weighted by Gasteiger charge is -2.08. The molecule has 10 heteroatoms. The van der Waals surface area contributed by atoms with Gasteiger partial charge in [0.25, 0.3) is 5.91 Å². The molecule has 0 bridgehead atoms. The van der Waals surface area contributed by atoms with Gasteiger partial charge in [-0.2, -0.15) is 0 Å². The lowest BCUT2D eigenvalue weighted by Crippen LogP contribution is -2.30. The number of hydrogen-bond acceptors (Lipinski definition) is 3. The summed E-state index contributed by atoms with van der Waals surface area (Å²) in [7, 11) is -2.38. The third-order valence-electron chi connectivity index (χ3n) is 3.82. The van der Waals surface area contributed by atoms with E-state index in [4.69, 9.17) is 0 Å². The molecule has 1 atom stereocenters. The highest BCUT2D eigenvalue weighted by Gasteiger charge is 2.29. The van der Waals surface area contributed by atoms with Crippen LogP contribution in [-0.4, -0.2) is 24.9 Å². The first-order chi connectivity index (χ1) is 12.1. The maximum absolute atomic E-state index is 13.3. The molecule has 138 valence electrons. The number of hydrogen-bond donors (Lipinski definition) is 2. The number of anilines is 1. The standard InChI is InChI=1S/C16H14F3N3O3S/c1-8-3-4-10-13(26(24,25)21-8)7-22(2)15(10)16(23)20-9-5-11(17)14(19)12(18)6-9/h3-8,21H,1-2H3,(H,20,23)/t8-/m0/s1. The molecule has 0 unspecified atom stereocenters. The van der Waals surface area contributed by atoms with Crippen molar-refractivity contribution >= 4 is 27.7 Å². The van der Waals surface area contributed by atoms with Crippen molar-refractivity contribution < 1.29 is 26.4 Å². The number of carbonyl (C=O) groups is 1. The molecule has 1 aliphatic rings. The SMILES string of the molecule is C[C@H]1C=Cc2c(cn(C)c2C(=O)Nc2cc(F)c(F)c(F)c2)S(=O)(=O)N1. The van der Waals surface area contributed by atoms with E-state index in [1.54, 1.807) is 13.0 Å². The summed E-state index contributed by atoms with van der Waals surface area (Å²) in [5.74, 6) is -5.35. The molecule has 1 amide bonds. The van der Waals surface area contributed by atoms with Crippen LogP contribution in [0.1, 0.15) is 23.0 Å². The highest BCUT2D eigenvalue weighted by atomic mass is 32.2. The number of halogens is 3. The summed E-state index contributed by atoms with van der Waals surface area (Å²) < 4.78 is 68.0. The summed E-state index contributed by atoms with van der Waals surface area (Å²) >= 11 is 0.